The van der Waals surface area contributed by atoms with Crippen LogP contribution in [-0.4, -0.2) is 52.7 Å². The zero-order chi connectivity index (χ0) is 18.0. The van der Waals surface area contributed by atoms with Gasteiger partial charge in [0.2, 0.25) is 0 Å². The molecule has 4 nitrogen and oxygen atoms in total. The minimum Gasteiger partial charge on any atom is -0.396 e. The van der Waals surface area contributed by atoms with Crippen molar-refractivity contribution in [1.82, 2.24) is 14.8 Å². The summed E-state index contributed by atoms with van der Waals surface area (Å²) in [6.07, 6.45) is 2.39. The Kier molecular flexibility index (Phi) is 5.41. The Hall–Kier alpha value is -1.27. The summed E-state index contributed by atoms with van der Waals surface area (Å²) in [4.78, 5) is 10.9. The SMILES string of the molecule is Cc1ncsc1CN1CCC2(CC1)CN(Cc1ccccc1)CC2CO. The molecule has 2 fully saturated rings. The molecule has 1 aromatic carbocycles. The first-order valence-electron chi connectivity index (χ1n) is 9.67. The van der Waals surface area contributed by atoms with Crippen molar-refractivity contribution in [2.75, 3.05) is 32.8 Å². The van der Waals surface area contributed by atoms with Crippen LogP contribution in [0.3, 0.4) is 0 Å². The average Bonchev–Trinajstić information content (AvgIpc) is 3.21. The van der Waals surface area contributed by atoms with Gasteiger partial charge in [0.15, 0.2) is 0 Å². The fourth-order valence-corrected chi connectivity index (χ4v) is 5.58. The number of hydrogen-bond donors (Lipinski definition) is 1. The van der Waals surface area contributed by atoms with Gasteiger partial charge in [0.1, 0.15) is 0 Å². The molecule has 4 rings (SSSR count). The van der Waals surface area contributed by atoms with Gasteiger partial charge in [-0.15, -0.1) is 11.3 Å². The number of aromatic nitrogens is 1. The lowest BCUT2D eigenvalue weighted by molar-refractivity contribution is 0.0485. The number of nitrogens with zero attached hydrogens (tertiary/aromatic N) is 3. The van der Waals surface area contributed by atoms with Crippen LogP contribution >= 0.6 is 11.3 Å². The molecule has 1 spiro atoms. The van der Waals surface area contributed by atoms with Gasteiger partial charge in [0, 0.05) is 43.6 Å². The summed E-state index contributed by atoms with van der Waals surface area (Å²) >= 11 is 1.77. The van der Waals surface area contributed by atoms with E-state index in [1.54, 1.807) is 11.3 Å². The molecular weight excluding hydrogens is 342 g/mol. The normalized spacial score (nSPS) is 23.7. The third kappa shape index (κ3) is 3.72. The van der Waals surface area contributed by atoms with E-state index in [2.05, 4.69) is 52.0 Å². The van der Waals surface area contributed by atoms with E-state index in [-0.39, 0.29) is 0 Å². The Labute approximate surface area is 160 Å². The summed E-state index contributed by atoms with van der Waals surface area (Å²) in [6, 6.07) is 10.7. The van der Waals surface area contributed by atoms with Crippen LogP contribution in [0.15, 0.2) is 35.8 Å². The second kappa shape index (κ2) is 7.77. The van der Waals surface area contributed by atoms with Crippen molar-refractivity contribution in [3.8, 4) is 0 Å². The third-order valence-electron chi connectivity index (χ3n) is 6.42. The van der Waals surface area contributed by atoms with E-state index in [0.29, 0.717) is 17.9 Å². The fourth-order valence-electron chi connectivity index (χ4n) is 4.76. The van der Waals surface area contributed by atoms with Crippen LogP contribution < -0.4 is 0 Å². The standard InChI is InChI=1S/C21H29N3OS/c1-17-20(26-16-22-17)13-23-9-7-21(8-10-23)15-24(12-19(21)14-25)11-18-5-3-2-4-6-18/h2-6,16,19,25H,7-15H2,1H3. The number of aliphatic hydroxyl groups excluding tert-OH is 1. The molecular formula is C21H29N3OS. The molecule has 1 N–H and O–H groups in total. The highest BCUT2D eigenvalue weighted by molar-refractivity contribution is 7.09. The molecule has 2 aliphatic rings. The molecule has 1 atom stereocenters. The summed E-state index contributed by atoms with van der Waals surface area (Å²) in [7, 11) is 0. The number of aryl methyl sites for hydroxylation is 1. The highest BCUT2D eigenvalue weighted by atomic mass is 32.1. The number of thiazole rings is 1. The largest absolute Gasteiger partial charge is 0.396 e. The minimum atomic E-state index is 0.294. The lowest BCUT2D eigenvalue weighted by Crippen LogP contribution is -2.44. The van der Waals surface area contributed by atoms with E-state index in [1.807, 2.05) is 5.51 Å². The van der Waals surface area contributed by atoms with E-state index in [0.717, 1.165) is 39.3 Å². The van der Waals surface area contributed by atoms with Crippen LogP contribution in [0.1, 0.15) is 29.0 Å². The van der Waals surface area contributed by atoms with E-state index in [1.165, 1.54) is 29.0 Å². The summed E-state index contributed by atoms with van der Waals surface area (Å²) in [5.41, 5.74) is 4.80. The maximum atomic E-state index is 10.0. The Morgan fingerprint density at radius 2 is 1.92 bits per heavy atom. The van der Waals surface area contributed by atoms with Gasteiger partial charge >= 0.3 is 0 Å². The number of piperidine rings is 1. The average molecular weight is 372 g/mol. The predicted molar refractivity (Wildman–Crippen MR) is 106 cm³/mol. The lowest BCUT2D eigenvalue weighted by atomic mass is 9.71. The molecule has 3 heterocycles. The van der Waals surface area contributed by atoms with E-state index in [4.69, 9.17) is 0 Å². The van der Waals surface area contributed by atoms with Crippen molar-refractivity contribution in [1.29, 1.82) is 0 Å². The van der Waals surface area contributed by atoms with E-state index in [9.17, 15) is 5.11 Å². The number of hydrogen-bond acceptors (Lipinski definition) is 5. The van der Waals surface area contributed by atoms with Gasteiger partial charge in [-0.3, -0.25) is 9.80 Å². The summed E-state index contributed by atoms with van der Waals surface area (Å²) in [6.45, 7) is 8.88. The quantitative estimate of drug-likeness (QED) is 0.876. The third-order valence-corrected chi connectivity index (χ3v) is 7.34. The van der Waals surface area contributed by atoms with Crippen LogP contribution in [0.4, 0.5) is 0 Å². The highest BCUT2D eigenvalue weighted by Gasteiger charge is 2.47. The minimum absolute atomic E-state index is 0.294. The van der Waals surface area contributed by atoms with Gasteiger partial charge in [-0.25, -0.2) is 4.98 Å². The van der Waals surface area contributed by atoms with Crippen LogP contribution in [0.5, 0.6) is 0 Å². The van der Waals surface area contributed by atoms with Crippen LogP contribution in [0.25, 0.3) is 0 Å². The van der Waals surface area contributed by atoms with Gasteiger partial charge in [-0.05, 0) is 43.8 Å². The molecule has 0 amide bonds. The van der Waals surface area contributed by atoms with Crippen molar-refractivity contribution in [2.45, 2.75) is 32.9 Å². The van der Waals surface area contributed by atoms with Crippen LogP contribution in [-0.2, 0) is 13.1 Å². The van der Waals surface area contributed by atoms with Gasteiger partial charge in [-0.1, -0.05) is 30.3 Å². The maximum Gasteiger partial charge on any atom is 0.0798 e. The molecule has 26 heavy (non-hydrogen) atoms. The summed E-state index contributed by atoms with van der Waals surface area (Å²) in [5.74, 6) is 0.415. The zero-order valence-corrected chi connectivity index (χ0v) is 16.4. The molecule has 2 saturated heterocycles. The molecule has 0 saturated carbocycles. The lowest BCUT2D eigenvalue weighted by Gasteiger charge is -2.42. The first kappa shape index (κ1) is 18.1. The number of benzene rings is 1. The second-order valence-electron chi connectivity index (χ2n) is 8.03. The molecule has 1 unspecified atom stereocenters. The maximum absolute atomic E-state index is 10.0. The fraction of sp³-hybridized carbons (Fsp3) is 0.571. The van der Waals surface area contributed by atoms with Crippen molar-refractivity contribution >= 4 is 11.3 Å². The predicted octanol–water partition coefficient (Wildman–Crippen LogP) is 3.16. The molecule has 2 aliphatic heterocycles. The molecule has 1 aromatic heterocycles. The number of rotatable bonds is 5. The number of likely N-dealkylation sites (tertiary alicyclic amines) is 2. The van der Waals surface area contributed by atoms with Crippen molar-refractivity contribution < 1.29 is 5.11 Å². The van der Waals surface area contributed by atoms with Gasteiger partial charge in [0.25, 0.3) is 0 Å². The van der Waals surface area contributed by atoms with Crippen LogP contribution in [0.2, 0.25) is 0 Å². The molecule has 2 aromatic rings. The van der Waals surface area contributed by atoms with E-state index < -0.39 is 0 Å². The van der Waals surface area contributed by atoms with E-state index >= 15 is 0 Å². The number of aliphatic hydroxyl groups is 1. The molecule has 140 valence electrons. The Balaban J connectivity index is 1.38. The van der Waals surface area contributed by atoms with Crippen LogP contribution in [0, 0.1) is 18.3 Å². The topological polar surface area (TPSA) is 39.6 Å². The molecule has 5 heteroatoms. The van der Waals surface area contributed by atoms with Crippen molar-refractivity contribution in [3.05, 3.63) is 52.0 Å². The van der Waals surface area contributed by atoms with Crippen molar-refractivity contribution in [3.63, 3.8) is 0 Å². The first-order valence-corrected chi connectivity index (χ1v) is 10.5. The Morgan fingerprint density at radius 3 is 2.58 bits per heavy atom. The second-order valence-corrected chi connectivity index (χ2v) is 8.97. The molecule has 0 aliphatic carbocycles. The Bertz CT molecular complexity index is 709. The first-order chi connectivity index (χ1) is 12.7. The van der Waals surface area contributed by atoms with Gasteiger partial charge < -0.3 is 5.11 Å². The smallest absolute Gasteiger partial charge is 0.0798 e. The summed E-state index contributed by atoms with van der Waals surface area (Å²) < 4.78 is 0. The molecule has 0 bridgehead atoms. The molecule has 0 radical (unpaired) electrons. The van der Waals surface area contributed by atoms with Gasteiger partial charge in [-0.2, -0.15) is 0 Å². The Morgan fingerprint density at radius 1 is 1.15 bits per heavy atom. The van der Waals surface area contributed by atoms with Gasteiger partial charge in [0.05, 0.1) is 11.2 Å². The van der Waals surface area contributed by atoms with Crippen molar-refractivity contribution in [2.24, 2.45) is 11.3 Å². The highest BCUT2D eigenvalue weighted by Crippen LogP contribution is 2.45. The monoisotopic (exact) mass is 371 g/mol. The summed E-state index contributed by atoms with van der Waals surface area (Å²) in [5, 5.41) is 10.0. The zero-order valence-electron chi connectivity index (χ0n) is 15.6.